The Morgan fingerprint density at radius 2 is 2.00 bits per heavy atom. The Labute approximate surface area is 98.4 Å². The smallest absolute Gasteiger partial charge is 0.239 e. The van der Waals surface area contributed by atoms with Crippen LogP contribution in [0.2, 0.25) is 0 Å². The van der Waals surface area contributed by atoms with Gasteiger partial charge in [-0.3, -0.25) is 4.79 Å². The first-order valence-corrected chi connectivity index (χ1v) is 5.86. The number of nitrogens with zero attached hydrogens (tertiary/aromatic N) is 2. The van der Waals surface area contributed by atoms with Crippen LogP contribution in [-0.4, -0.2) is 29.9 Å². The summed E-state index contributed by atoms with van der Waals surface area (Å²) in [5.74, 6) is 0.222. The average Bonchev–Trinajstić information content (AvgIpc) is 2.23. The normalized spacial score (nSPS) is 14.3. The highest BCUT2D eigenvalue weighted by Crippen LogP contribution is 2.07. The predicted octanol–water partition coefficient (Wildman–Crippen LogP) is 1.37. The lowest BCUT2D eigenvalue weighted by molar-refractivity contribution is -0.133. The molecule has 0 fully saturated rings. The van der Waals surface area contributed by atoms with E-state index in [1.807, 2.05) is 27.7 Å². The summed E-state index contributed by atoms with van der Waals surface area (Å²) in [6.45, 7) is 8.88. The van der Waals surface area contributed by atoms with E-state index in [2.05, 4.69) is 6.07 Å². The van der Waals surface area contributed by atoms with Crippen molar-refractivity contribution in [3.8, 4) is 6.07 Å². The standard InChI is InChI=1S/C12H23N3O/c1-5-15(8-10(4)7-13)12(16)11(14)6-9(2)3/h9-11H,5-6,8,14H2,1-4H3. The van der Waals surface area contributed by atoms with E-state index in [4.69, 9.17) is 11.0 Å². The maximum Gasteiger partial charge on any atom is 0.239 e. The van der Waals surface area contributed by atoms with Crippen LogP contribution >= 0.6 is 0 Å². The van der Waals surface area contributed by atoms with Gasteiger partial charge in [0.2, 0.25) is 5.91 Å². The monoisotopic (exact) mass is 225 g/mol. The molecule has 2 atom stereocenters. The van der Waals surface area contributed by atoms with Crippen LogP contribution in [0.1, 0.15) is 34.1 Å². The molecule has 0 aliphatic heterocycles. The molecule has 92 valence electrons. The number of amides is 1. The summed E-state index contributed by atoms with van der Waals surface area (Å²) < 4.78 is 0. The molecule has 0 aliphatic carbocycles. The summed E-state index contributed by atoms with van der Waals surface area (Å²) in [5.41, 5.74) is 5.84. The van der Waals surface area contributed by atoms with Crippen LogP contribution in [0.3, 0.4) is 0 Å². The van der Waals surface area contributed by atoms with E-state index in [-0.39, 0.29) is 11.8 Å². The number of likely N-dealkylation sites (N-methyl/N-ethyl adjacent to an activating group) is 1. The van der Waals surface area contributed by atoms with Crippen LogP contribution in [0.5, 0.6) is 0 Å². The lowest BCUT2D eigenvalue weighted by atomic mass is 10.0. The maximum atomic E-state index is 12.0. The van der Waals surface area contributed by atoms with E-state index >= 15 is 0 Å². The van der Waals surface area contributed by atoms with E-state index in [0.717, 1.165) is 0 Å². The molecule has 0 heterocycles. The highest BCUT2D eigenvalue weighted by Gasteiger charge is 2.21. The van der Waals surface area contributed by atoms with Crippen LogP contribution in [0, 0.1) is 23.2 Å². The van der Waals surface area contributed by atoms with E-state index in [0.29, 0.717) is 25.4 Å². The number of rotatable bonds is 6. The second-order valence-corrected chi connectivity index (χ2v) is 4.64. The van der Waals surface area contributed by atoms with Crippen molar-refractivity contribution in [2.75, 3.05) is 13.1 Å². The van der Waals surface area contributed by atoms with E-state index in [1.165, 1.54) is 0 Å². The Balaban J connectivity index is 4.36. The van der Waals surface area contributed by atoms with Crippen molar-refractivity contribution < 1.29 is 4.79 Å². The minimum Gasteiger partial charge on any atom is -0.340 e. The summed E-state index contributed by atoms with van der Waals surface area (Å²) in [7, 11) is 0. The first-order valence-electron chi connectivity index (χ1n) is 5.86. The molecule has 0 saturated heterocycles. The fourth-order valence-electron chi connectivity index (χ4n) is 1.59. The number of hydrogen-bond donors (Lipinski definition) is 1. The largest absolute Gasteiger partial charge is 0.340 e. The molecule has 4 nitrogen and oxygen atoms in total. The Hall–Kier alpha value is -1.08. The number of nitrogens with two attached hydrogens (primary N) is 1. The van der Waals surface area contributed by atoms with Gasteiger partial charge in [0, 0.05) is 13.1 Å². The van der Waals surface area contributed by atoms with E-state index in [1.54, 1.807) is 4.90 Å². The van der Waals surface area contributed by atoms with Gasteiger partial charge < -0.3 is 10.6 Å². The molecule has 0 aromatic rings. The predicted molar refractivity (Wildman–Crippen MR) is 64.5 cm³/mol. The van der Waals surface area contributed by atoms with Gasteiger partial charge in [-0.15, -0.1) is 0 Å². The molecule has 1 amide bonds. The van der Waals surface area contributed by atoms with Crippen molar-refractivity contribution in [3.05, 3.63) is 0 Å². The van der Waals surface area contributed by atoms with Gasteiger partial charge in [0.25, 0.3) is 0 Å². The fourth-order valence-corrected chi connectivity index (χ4v) is 1.59. The molecule has 4 heteroatoms. The molecule has 0 aromatic carbocycles. The molecular weight excluding hydrogens is 202 g/mol. The molecule has 0 rings (SSSR count). The summed E-state index contributed by atoms with van der Waals surface area (Å²) in [6, 6.07) is 1.69. The van der Waals surface area contributed by atoms with Crippen LogP contribution in [-0.2, 0) is 4.79 Å². The number of nitriles is 1. The van der Waals surface area contributed by atoms with Crippen molar-refractivity contribution in [2.24, 2.45) is 17.6 Å². The molecule has 0 bridgehead atoms. The lowest BCUT2D eigenvalue weighted by Crippen LogP contribution is -2.45. The van der Waals surface area contributed by atoms with Crippen molar-refractivity contribution in [1.82, 2.24) is 4.90 Å². The van der Waals surface area contributed by atoms with Crippen LogP contribution in [0.15, 0.2) is 0 Å². The fraction of sp³-hybridized carbons (Fsp3) is 0.833. The number of hydrogen-bond acceptors (Lipinski definition) is 3. The van der Waals surface area contributed by atoms with Gasteiger partial charge in [-0.05, 0) is 26.2 Å². The number of carbonyl (C=O) groups excluding carboxylic acids is 1. The van der Waals surface area contributed by atoms with Crippen molar-refractivity contribution in [3.63, 3.8) is 0 Å². The summed E-state index contributed by atoms with van der Waals surface area (Å²) >= 11 is 0. The summed E-state index contributed by atoms with van der Waals surface area (Å²) in [5, 5.41) is 8.73. The SMILES string of the molecule is CCN(CC(C)C#N)C(=O)C(N)CC(C)C. The summed E-state index contributed by atoms with van der Waals surface area (Å²) in [4.78, 5) is 13.6. The third-order valence-corrected chi connectivity index (χ3v) is 2.45. The summed E-state index contributed by atoms with van der Waals surface area (Å²) in [6.07, 6.45) is 0.691. The molecule has 2 N–H and O–H groups in total. The molecule has 0 aromatic heterocycles. The van der Waals surface area contributed by atoms with Crippen LogP contribution in [0.25, 0.3) is 0 Å². The minimum atomic E-state index is -0.439. The van der Waals surface area contributed by atoms with Crippen LogP contribution in [0.4, 0.5) is 0 Å². The van der Waals surface area contributed by atoms with Gasteiger partial charge in [0.15, 0.2) is 0 Å². The molecule has 0 radical (unpaired) electrons. The van der Waals surface area contributed by atoms with E-state index in [9.17, 15) is 4.79 Å². The average molecular weight is 225 g/mol. The second-order valence-electron chi connectivity index (χ2n) is 4.64. The van der Waals surface area contributed by atoms with Gasteiger partial charge in [-0.2, -0.15) is 5.26 Å². The molecule has 0 spiro atoms. The third kappa shape index (κ3) is 5.13. The zero-order valence-electron chi connectivity index (χ0n) is 10.7. The highest BCUT2D eigenvalue weighted by molar-refractivity contribution is 5.81. The van der Waals surface area contributed by atoms with Gasteiger partial charge in [0.05, 0.1) is 18.0 Å². The Kier molecular flexibility index (Phi) is 6.75. The third-order valence-electron chi connectivity index (χ3n) is 2.45. The van der Waals surface area contributed by atoms with Crippen molar-refractivity contribution >= 4 is 5.91 Å². The van der Waals surface area contributed by atoms with Gasteiger partial charge in [-0.1, -0.05) is 13.8 Å². The zero-order valence-corrected chi connectivity index (χ0v) is 10.7. The zero-order chi connectivity index (χ0) is 12.7. The molecule has 0 saturated carbocycles. The Morgan fingerprint density at radius 3 is 2.38 bits per heavy atom. The van der Waals surface area contributed by atoms with Crippen LogP contribution < -0.4 is 5.73 Å². The minimum absolute atomic E-state index is 0.0432. The highest BCUT2D eigenvalue weighted by atomic mass is 16.2. The first-order chi connectivity index (χ1) is 7.42. The lowest BCUT2D eigenvalue weighted by Gasteiger charge is -2.25. The van der Waals surface area contributed by atoms with Crippen molar-refractivity contribution in [2.45, 2.75) is 40.2 Å². The van der Waals surface area contributed by atoms with Gasteiger partial charge >= 0.3 is 0 Å². The molecule has 0 aliphatic rings. The van der Waals surface area contributed by atoms with Gasteiger partial charge in [-0.25, -0.2) is 0 Å². The number of carbonyl (C=O) groups is 1. The maximum absolute atomic E-state index is 12.0. The van der Waals surface area contributed by atoms with Crippen molar-refractivity contribution in [1.29, 1.82) is 5.26 Å². The Bertz CT molecular complexity index is 257. The Morgan fingerprint density at radius 1 is 1.44 bits per heavy atom. The molecule has 2 unspecified atom stereocenters. The topological polar surface area (TPSA) is 70.1 Å². The second kappa shape index (κ2) is 7.24. The first kappa shape index (κ1) is 14.9. The van der Waals surface area contributed by atoms with Gasteiger partial charge in [0.1, 0.15) is 0 Å². The molecular formula is C12H23N3O. The molecule has 16 heavy (non-hydrogen) atoms. The van der Waals surface area contributed by atoms with E-state index < -0.39 is 6.04 Å². The quantitative estimate of drug-likeness (QED) is 0.742.